The lowest BCUT2D eigenvalue weighted by atomic mass is 10.2. The molecule has 0 spiro atoms. The minimum Gasteiger partial charge on any atom is -0.347 e. The van der Waals surface area contributed by atoms with Crippen LogP contribution in [-0.2, 0) is 6.54 Å². The third kappa shape index (κ3) is 5.18. The van der Waals surface area contributed by atoms with Gasteiger partial charge in [-0.3, -0.25) is 0 Å². The van der Waals surface area contributed by atoms with Gasteiger partial charge >= 0.3 is 6.03 Å². The minimum absolute atomic E-state index is 0.176. The van der Waals surface area contributed by atoms with E-state index in [4.69, 9.17) is 11.6 Å². The van der Waals surface area contributed by atoms with Gasteiger partial charge in [0, 0.05) is 38.9 Å². The second kappa shape index (κ2) is 7.98. The number of aryl methyl sites for hydroxylation is 1. The van der Waals surface area contributed by atoms with E-state index in [1.807, 2.05) is 41.2 Å². The van der Waals surface area contributed by atoms with Gasteiger partial charge in [0.05, 0.1) is 6.54 Å². The van der Waals surface area contributed by atoms with Gasteiger partial charge in [0.25, 0.3) is 0 Å². The van der Waals surface area contributed by atoms with Gasteiger partial charge in [-0.05, 0) is 24.6 Å². The number of halogens is 1. The fraction of sp³-hybridized carbons (Fsp3) is 0.375. The third-order valence-electron chi connectivity index (χ3n) is 3.29. The van der Waals surface area contributed by atoms with Gasteiger partial charge < -0.3 is 20.4 Å². The van der Waals surface area contributed by atoms with E-state index in [1.165, 1.54) is 0 Å². The van der Waals surface area contributed by atoms with Crippen LogP contribution in [0, 0.1) is 6.92 Å². The molecule has 0 bridgehead atoms. The Hall–Kier alpha value is -2.61. The molecule has 0 atom stereocenters. The Bertz CT molecular complexity index is 738. The van der Waals surface area contributed by atoms with Gasteiger partial charge in [-0.25, -0.2) is 4.79 Å². The molecule has 1 aromatic carbocycles. The van der Waals surface area contributed by atoms with E-state index in [1.54, 1.807) is 21.9 Å². The number of aromatic nitrogens is 3. The number of amides is 2. The average Bonchev–Trinajstić information content (AvgIpc) is 2.56. The highest BCUT2D eigenvalue weighted by Gasteiger charge is 2.11. The van der Waals surface area contributed by atoms with Crippen molar-refractivity contribution in [3.05, 3.63) is 34.6 Å². The Labute approximate surface area is 152 Å². The van der Waals surface area contributed by atoms with Gasteiger partial charge in [0.15, 0.2) is 5.82 Å². The van der Waals surface area contributed by atoms with Crippen molar-refractivity contribution in [2.24, 2.45) is 0 Å². The number of hydrogen-bond donors (Lipinski definition) is 2. The standard InChI is InChI=1S/C16H22ClN7O/c1-10-6-7-11(8-12(10)17)19-16(25)18-9-13-20-14(23(2)3)22-15(21-13)24(4)5/h6-8H,9H2,1-5H3,(H2,18,19,25). The Balaban J connectivity index is 2.04. The van der Waals surface area contributed by atoms with Crippen molar-refractivity contribution >= 4 is 35.2 Å². The quantitative estimate of drug-likeness (QED) is 0.847. The highest BCUT2D eigenvalue weighted by Crippen LogP contribution is 2.19. The van der Waals surface area contributed by atoms with Crippen LogP contribution in [0.25, 0.3) is 0 Å². The Morgan fingerprint density at radius 3 is 2.20 bits per heavy atom. The average molecular weight is 364 g/mol. The molecule has 0 radical (unpaired) electrons. The summed E-state index contributed by atoms with van der Waals surface area (Å²) in [7, 11) is 7.39. The van der Waals surface area contributed by atoms with E-state index in [2.05, 4.69) is 25.6 Å². The highest BCUT2D eigenvalue weighted by molar-refractivity contribution is 6.31. The van der Waals surface area contributed by atoms with Gasteiger partial charge in [0.2, 0.25) is 11.9 Å². The van der Waals surface area contributed by atoms with Crippen LogP contribution in [-0.4, -0.2) is 49.2 Å². The lowest BCUT2D eigenvalue weighted by molar-refractivity contribution is 0.251. The Kier molecular flexibility index (Phi) is 5.97. The van der Waals surface area contributed by atoms with Crippen molar-refractivity contribution in [1.82, 2.24) is 20.3 Å². The van der Waals surface area contributed by atoms with Crippen LogP contribution in [0.4, 0.5) is 22.4 Å². The van der Waals surface area contributed by atoms with Crippen molar-refractivity contribution in [3.63, 3.8) is 0 Å². The number of hydrogen-bond acceptors (Lipinski definition) is 6. The van der Waals surface area contributed by atoms with E-state index in [-0.39, 0.29) is 12.6 Å². The maximum atomic E-state index is 12.1. The molecule has 2 aromatic rings. The summed E-state index contributed by atoms with van der Waals surface area (Å²) < 4.78 is 0. The summed E-state index contributed by atoms with van der Waals surface area (Å²) in [5.74, 6) is 1.53. The first-order chi connectivity index (χ1) is 11.8. The number of benzene rings is 1. The molecule has 134 valence electrons. The zero-order valence-corrected chi connectivity index (χ0v) is 15.7. The number of anilines is 3. The zero-order chi connectivity index (χ0) is 18.6. The monoisotopic (exact) mass is 363 g/mol. The molecular formula is C16H22ClN7O. The Morgan fingerprint density at radius 2 is 1.68 bits per heavy atom. The largest absolute Gasteiger partial charge is 0.347 e. The van der Waals surface area contributed by atoms with Gasteiger partial charge in [-0.15, -0.1) is 0 Å². The second-order valence-electron chi connectivity index (χ2n) is 5.91. The molecular weight excluding hydrogens is 342 g/mol. The highest BCUT2D eigenvalue weighted by atomic mass is 35.5. The van der Waals surface area contributed by atoms with Crippen LogP contribution < -0.4 is 20.4 Å². The Morgan fingerprint density at radius 1 is 1.08 bits per heavy atom. The van der Waals surface area contributed by atoms with Crippen molar-refractivity contribution in [2.45, 2.75) is 13.5 Å². The van der Waals surface area contributed by atoms with Gasteiger partial charge in [0.1, 0.15) is 0 Å². The molecule has 0 aliphatic carbocycles. The van der Waals surface area contributed by atoms with Crippen LogP contribution in [0.2, 0.25) is 5.02 Å². The summed E-state index contributed by atoms with van der Waals surface area (Å²) in [6.07, 6.45) is 0. The molecule has 1 heterocycles. The first-order valence-corrected chi connectivity index (χ1v) is 8.04. The van der Waals surface area contributed by atoms with E-state index in [0.717, 1.165) is 5.56 Å². The summed E-state index contributed by atoms with van der Waals surface area (Å²) in [5, 5.41) is 6.06. The fourth-order valence-electron chi connectivity index (χ4n) is 1.88. The van der Waals surface area contributed by atoms with E-state index in [9.17, 15) is 4.79 Å². The van der Waals surface area contributed by atoms with Crippen molar-refractivity contribution in [3.8, 4) is 0 Å². The van der Waals surface area contributed by atoms with Gasteiger partial charge in [-0.1, -0.05) is 17.7 Å². The van der Waals surface area contributed by atoms with E-state index >= 15 is 0 Å². The molecule has 1 aromatic heterocycles. The molecule has 0 saturated heterocycles. The molecule has 0 aliphatic rings. The van der Waals surface area contributed by atoms with Crippen LogP contribution in [0.15, 0.2) is 18.2 Å². The molecule has 25 heavy (non-hydrogen) atoms. The second-order valence-corrected chi connectivity index (χ2v) is 6.32. The normalized spacial score (nSPS) is 10.3. The number of urea groups is 1. The smallest absolute Gasteiger partial charge is 0.319 e. The summed E-state index contributed by atoms with van der Waals surface area (Å²) in [6, 6.07) is 4.97. The van der Waals surface area contributed by atoms with Crippen LogP contribution in [0.3, 0.4) is 0 Å². The number of nitrogens with zero attached hydrogens (tertiary/aromatic N) is 5. The maximum absolute atomic E-state index is 12.1. The summed E-state index contributed by atoms with van der Waals surface area (Å²) >= 11 is 6.06. The summed E-state index contributed by atoms with van der Waals surface area (Å²) in [5.41, 5.74) is 1.57. The number of rotatable bonds is 5. The lowest BCUT2D eigenvalue weighted by Gasteiger charge is -2.16. The van der Waals surface area contributed by atoms with Crippen molar-refractivity contribution in [1.29, 1.82) is 0 Å². The van der Waals surface area contributed by atoms with Crippen molar-refractivity contribution < 1.29 is 4.79 Å². The third-order valence-corrected chi connectivity index (χ3v) is 3.70. The van der Waals surface area contributed by atoms with Crippen molar-refractivity contribution in [2.75, 3.05) is 43.3 Å². The summed E-state index contributed by atoms with van der Waals surface area (Å²) in [4.78, 5) is 28.6. The zero-order valence-electron chi connectivity index (χ0n) is 15.0. The molecule has 8 nitrogen and oxygen atoms in total. The predicted molar refractivity (Wildman–Crippen MR) is 101 cm³/mol. The van der Waals surface area contributed by atoms with Gasteiger partial charge in [-0.2, -0.15) is 15.0 Å². The molecule has 0 unspecified atom stereocenters. The maximum Gasteiger partial charge on any atom is 0.319 e. The molecule has 9 heteroatoms. The molecule has 0 fully saturated rings. The van der Waals surface area contributed by atoms with E-state index < -0.39 is 0 Å². The first-order valence-electron chi connectivity index (χ1n) is 7.67. The molecule has 0 saturated carbocycles. The number of carbonyl (C=O) groups excluding carboxylic acids is 1. The van der Waals surface area contributed by atoms with Crippen LogP contribution >= 0.6 is 11.6 Å². The minimum atomic E-state index is -0.363. The molecule has 0 aliphatic heterocycles. The lowest BCUT2D eigenvalue weighted by Crippen LogP contribution is -2.30. The SMILES string of the molecule is Cc1ccc(NC(=O)NCc2nc(N(C)C)nc(N(C)C)n2)cc1Cl. The van der Waals surface area contributed by atoms with Crippen LogP contribution in [0.1, 0.15) is 11.4 Å². The summed E-state index contributed by atoms with van der Waals surface area (Å²) in [6.45, 7) is 2.08. The topological polar surface area (TPSA) is 86.3 Å². The molecule has 2 rings (SSSR count). The van der Waals surface area contributed by atoms with E-state index in [0.29, 0.717) is 28.4 Å². The first kappa shape index (κ1) is 18.7. The number of carbonyl (C=O) groups is 1. The van der Waals surface area contributed by atoms with Crippen LogP contribution in [0.5, 0.6) is 0 Å². The molecule has 2 amide bonds. The number of nitrogens with one attached hydrogen (secondary N) is 2. The predicted octanol–water partition coefficient (Wildman–Crippen LogP) is 2.29. The molecule has 2 N–H and O–H groups in total. The fourth-order valence-corrected chi connectivity index (χ4v) is 2.06.